The third-order valence-electron chi connectivity index (χ3n) is 6.55. The highest BCUT2D eigenvalue weighted by Crippen LogP contribution is 2.29. The van der Waals surface area contributed by atoms with E-state index >= 15 is 0 Å². The van der Waals surface area contributed by atoms with Crippen LogP contribution in [0.25, 0.3) is 0 Å². The molecule has 1 heterocycles. The second kappa shape index (κ2) is 14.0. The summed E-state index contributed by atoms with van der Waals surface area (Å²) in [6.45, 7) is 1.59. The fraction of sp³-hybridized carbons (Fsp3) is 0.273. The largest absolute Gasteiger partial charge is 0.465 e. The Labute approximate surface area is 229 Å². The SMILES string of the molecule is Fc1ccc(O[C@@H]2C[C@@H](OCc3ccccc3)[C@@H](OCc3ccccc3)C(COCc3ccccc3)O2)cc1. The molecule has 4 aromatic rings. The van der Waals surface area contributed by atoms with E-state index in [-0.39, 0.29) is 11.9 Å². The van der Waals surface area contributed by atoms with E-state index in [0.717, 1.165) is 16.7 Å². The molecule has 1 fully saturated rings. The molecule has 202 valence electrons. The zero-order valence-electron chi connectivity index (χ0n) is 21.7. The summed E-state index contributed by atoms with van der Waals surface area (Å²) in [7, 11) is 0. The number of hydrogen-bond donors (Lipinski definition) is 0. The first-order valence-corrected chi connectivity index (χ1v) is 13.2. The quantitative estimate of drug-likeness (QED) is 0.205. The number of halogens is 1. The fourth-order valence-electron chi connectivity index (χ4n) is 4.55. The van der Waals surface area contributed by atoms with E-state index in [4.69, 9.17) is 23.7 Å². The second-order valence-corrected chi connectivity index (χ2v) is 9.51. The Bertz CT molecular complexity index is 1240. The van der Waals surface area contributed by atoms with E-state index in [1.54, 1.807) is 12.1 Å². The van der Waals surface area contributed by atoms with Crippen molar-refractivity contribution in [2.75, 3.05) is 6.61 Å². The number of ether oxygens (including phenoxy) is 5. The van der Waals surface area contributed by atoms with Gasteiger partial charge in [-0.15, -0.1) is 0 Å². The van der Waals surface area contributed by atoms with E-state index < -0.39 is 18.5 Å². The molecule has 6 heteroatoms. The highest BCUT2D eigenvalue weighted by molar-refractivity contribution is 5.22. The minimum atomic E-state index is -0.613. The Morgan fingerprint density at radius 2 is 1.18 bits per heavy atom. The highest BCUT2D eigenvalue weighted by atomic mass is 19.1. The van der Waals surface area contributed by atoms with Gasteiger partial charge < -0.3 is 23.7 Å². The predicted octanol–water partition coefficient (Wildman–Crippen LogP) is 6.71. The highest BCUT2D eigenvalue weighted by Gasteiger charge is 2.41. The maximum Gasteiger partial charge on any atom is 0.202 e. The van der Waals surface area contributed by atoms with Crippen molar-refractivity contribution in [2.24, 2.45) is 0 Å². The smallest absolute Gasteiger partial charge is 0.202 e. The Kier molecular flexibility index (Phi) is 9.71. The van der Waals surface area contributed by atoms with E-state index in [2.05, 4.69) is 0 Å². The predicted molar refractivity (Wildman–Crippen MR) is 146 cm³/mol. The average molecular weight is 529 g/mol. The van der Waals surface area contributed by atoms with Crippen molar-refractivity contribution < 1.29 is 28.1 Å². The lowest BCUT2D eigenvalue weighted by Gasteiger charge is -2.41. The van der Waals surface area contributed by atoms with Crippen LogP contribution >= 0.6 is 0 Å². The average Bonchev–Trinajstić information content (AvgIpc) is 2.98. The van der Waals surface area contributed by atoms with Crippen LogP contribution in [0.5, 0.6) is 5.75 Å². The summed E-state index contributed by atoms with van der Waals surface area (Å²) in [6, 6.07) is 36.0. The summed E-state index contributed by atoms with van der Waals surface area (Å²) in [5, 5.41) is 0. The fourth-order valence-corrected chi connectivity index (χ4v) is 4.55. The molecule has 0 aliphatic carbocycles. The van der Waals surface area contributed by atoms with Gasteiger partial charge in [-0.3, -0.25) is 0 Å². The molecule has 0 bridgehead atoms. The molecule has 4 aromatic carbocycles. The molecular formula is C33H33FO5. The number of benzene rings is 4. The topological polar surface area (TPSA) is 46.2 Å². The van der Waals surface area contributed by atoms with Crippen LogP contribution in [0.4, 0.5) is 4.39 Å². The van der Waals surface area contributed by atoms with Gasteiger partial charge in [0, 0.05) is 6.42 Å². The van der Waals surface area contributed by atoms with Crippen molar-refractivity contribution in [3.05, 3.63) is 138 Å². The van der Waals surface area contributed by atoms with Crippen LogP contribution < -0.4 is 4.74 Å². The minimum absolute atomic E-state index is 0.294. The van der Waals surface area contributed by atoms with Gasteiger partial charge in [0.15, 0.2) is 0 Å². The van der Waals surface area contributed by atoms with Crippen LogP contribution in [0.1, 0.15) is 23.1 Å². The molecule has 39 heavy (non-hydrogen) atoms. The van der Waals surface area contributed by atoms with Gasteiger partial charge >= 0.3 is 0 Å². The molecule has 0 saturated carbocycles. The summed E-state index contributed by atoms with van der Waals surface area (Å²) in [4.78, 5) is 0. The van der Waals surface area contributed by atoms with Gasteiger partial charge in [0.05, 0.1) is 32.5 Å². The summed E-state index contributed by atoms with van der Waals surface area (Å²) in [5.41, 5.74) is 3.21. The summed E-state index contributed by atoms with van der Waals surface area (Å²) in [5.74, 6) is 0.202. The summed E-state index contributed by atoms with van der Waals surface area (Å²) in [6.07, 6.45) is -1.33. The van der Waals surface area contributed by atoms with Crippen molar-refractivity contribution in [3.8, 4) is 5.75 Å². The standard InChI is InChI=1S/C33H33FO5/c34-28-16-18-29(19-17-28)38-32-20-30(36-22-26-12-6-2-7-13-26)33(37-23-27-14-8-3-9-15-27)31(39-32)24-35-21-25-10-4-1-5-11-25/h1-19,30-33H,20-24H2/t30-,31?,32+,33-/m1/s1. The maximum absolute atomic E-state index is 13.5. The Hall–Kier alpha value is -3.55. The van der Waals surface area contributed by atoms with Gasteiger partial charge in [0.25, 0.3) is 0 Å². The lowest BCUT2D eigenvalue weighted by atomic mass is 10.0. The molecular weight excluding hydrogens is 495 g/mol. The van der Waals surface area contributed by atoms with Crippen molar-refractivity contribution >= 4 is 0 Å². The number of rotatable bonds is 12. The van der Waals surface area contributed by atoms with Crippen LogP contribution in [-0.4, -0.2) is 31.2 Å². The van der Waals surface area contributed by atoms with Gasteiger partial charge in [-0.2, -0.15) is 0 Å². The molecule has 1 aliphatic rings. The molecule has 5 rings (SSSR count). The lowest BCUT2D eigenvalue weighted by molar-refractivity contribution is -0.257. The van der Waals surface area contributed by atoms with Crippen molar-refractivity contribution in [3.63, 3.8) is 0 Å². The second-order valence-electron chi connectivity index (χ2n) is 9.51. The first-order valence-electron chi connectivity index (χ1n) is 13.2. The molecule has 0 aromatic heterocycles. The molecule has 1 unspecified atom stereocenters. The minimum Gasteiger partial charge on any atom is -0.465 e. The Morgan fingerprint density at radius 3 is 1.77 bits per heavy atom. The Balaban J connectivity index is 1.33. The number of hydrogen-bond acceptors (Lipinski definition) is 5. The van der Waals surface area contributed by atoms with Crippen molar-refractivity contribution in [1.82, 2.24) is 0 Å². The first-order chi connectivity index (χ1) is 19.2. The van der Waals surface area contributed by atoms with Gasteiger partial charge in [0.2, 0.25) is 6.29 Å². The van der Waals surface area contributed by atoms with Gasteiger partial charge in [-0.05, 0) is 41.0 Å². The van der Waals surface area contributed by atoms with Crippen molar-refractivity contribution in [2.45, 2.75) is 50.8 Å². The molecule has 4 atom stereocenters. The van der Waals surface area contributed by atoms with Crippen LogP contribution in [0.15, 0.2) is 115 Å². The zero-order chi connectivity index (χ0) is 26.7. The third-order valence-corrected chi connectivity index (χ3v) is 6.55. The third kappa shape index (κ3) is 8.22. The maximum atomic E-state index is 13.5. The van der Waals surface area contributed by atoms with Gasteiger partial charge in [-0.1, -0.05) is 91.0 Å². The van der Waals surface area contributed by atoms with Crippen LogP contribution in [-0.2, 0) is 38.8 Å². The van der Waals surface area contributed by atoms with Crippen LogP contribution in [0.3, 0.4) is 0 Å². The van der Waals surface area contributed by atoms with E-state index in [1.165, 1.54) is 12.1 Å². The Morgan fingerprint density at radius 1 is 0.641 bits per heavy atom. The molecule has 0 N–H and O–H groups in total. The monoisotopic (exact) mass is 528 g/mol. The van der Waals surface area contributed by atoms with E-state index in [9.17, 15) is 4.39 Å². The molecule has 5 nitrogen and oxygen atoms in total. The van der Waals surface area contributed by atoms with Crippen molar-refractivity contribution in [1.29, 1.82) is 0 Å². The van der Waals surface area contributed by atoms with E-state index in [0.29, 0.717) is 38.6 Å². The van der Waals surface area contributed by atoms with Gasteiger partial charge in [0.1, 0.15) is 23.8 Å². The van der Waals surface area contributed by atoms with Gasteiger partial charge in [-0.25, -0.2) is 4.39 Å². The van der Waals surface area contributed by atoms with Crippen LogP contribution in [0.2, 0.25) is 0 Å². The van der Waals surface area contributed by atoms with Crippen LogP contribution in [0, 0.1) is 5.82 Å². The summed E-state index contributed by atoms with van der Waals surface area (Å²) < 4.78 is 45.0. The van der Waals surface area contributed by atoms with E-state index in [1.807, 2.05) is 91.0 Å². The first kappa shape index (κ1) is 27.0. The zero-order valence-corrected chi connectivity index (χ0v) is 21.7. The summed E-state index contributed by atoms with van der Waals surface area (Å²) >= 11 is 0. The molecule has 0 radical (unpaired) electrons. The molecule has 0 amide bonds. The molecule has 0 spiro atoms. The molecule has 1 aliphatic heterocycles. The lowest BCUT2D eigenvalue weighted by Crippen LogP contribution is -2.53. The normalized spacial score (nSPS) is 20.9. The molecule has 1 saturated heterocycles.